The molecule has 4 heteroatoms. The maximum atomic E-state index is 4.24. The number of aryl methyl sites for hydroxylation is 2. The van der Waals surface area contributed by atoms with E-state index in [0.717, 1.165) is 29.2 Å². The molecule has 0 radical (unpaired) electrons. The van der Waals surface area contributed by atoms with Gasteiger partial charge < -0.3 is 0 Å². The van der Waals surface area contributed by atoms with Crippen LogP contribution in [0.1, 0.15) is 16.1 Å². The van der Waals surface area contributed by atoms with Crippen molar-refractivity contribution in [1.82, 2.24) is 15.0 Å². The van der Waals surface area contributed by atoms with Crippen LogP contribution in [-0.2, 0) is 13.0 Å². The van der Waals surface area contributed by atoms with Gasteiger partial charge in [0.2, 0.25) is 0 Å². The Balaban J connectivity index is 1.84. The molecule has 0 atom stereocenters. The summed E-state index contributed by atoms with van der Waals surface area (Å²) in [7, 11) is 0. The van der Waals surface area contributed by atoms with Crippen molar-refractivity contribution in [1.29, 1.82) is 0 Å². The van der Waals surface area contributed by atoms with Crippen LogP contribution in [0.2, 0.25) is 0 Å². The van der Waals surface area contributed by atoms with Crippen LogP contribution in [0, 0.1) is 11.8 Å². The van der Waals surface area contributed by atoms with E-state index in [9.17, 15) is 0 Å². The lowest BCUT2D eigenvalue weighted by Crippen LogP contribution is -2.12. The molecule has 1 aromatic carbocycles. The summed E-state index contributed by atoms with van der Waals surface area (Å²) in [6.07, 6.45) is 1.00. The lowest BCUT2D eigenvalue weighted by molar-refractivity contribution is 0.583. The van der Waals surface area contributed by atoms with E-state index in [1.165, 1.54) is 11.1 Å². The predicted molar refractivity (Wildman–Crippen MR) is 79.5 cm³/mol. The predicted octanol–water partition coefficient (Wildman–Crippen LogP) is 2.96. The molecule has 3 heterocycles. The highest BCUT2D eigenvalue weighted by Gasteiger charge is 2.20. The molecular formula is C16H11N3S. The standard InChI is InChI=1S/C16H11N3S/c1-2-6-14-12(4-1)9-10-19-16(14)15(17-18-19)8-7-13-5-3-11-20-13/h1-6,11H,9-10H2. The van der Waals surface area contributed by atoms with Gasteiger partial charge in [-0.1, -0.05) is 35.5 Å². The van der Waals surface area contributed by atoms with E-state index in [1.807, 2.05) is 22.2 Å². The molecule has 0 unspecified atom stereocenters. The lowest BCUT2D eigenvalue weighted by atomic mass is 9.97. The maximum absolute atomic E-state index is 4.24. The fourth-order valence-corrected chi connectivity index (χ4v) is 3.06. The molecule has 0 amide bonds. The zero-order chi connectivity index (χ0) is 13.4. The number of aromatic nitrogens is 3. The van der Waals surface area contributed by atoms with Gasteiger partial charge in [-0.15, -0.1) is 16.4 Å². The van der Waals surface area contributed by atoms with Crippen LogP contribution in [0.25, 0.3) is 11.3 Å². The van der Waals surface area contributed by atoms with Crippen molar-refractivity contribution in [2.75, 3.05) is 0 Å². The molecule has 1 aliphatic rings. The zero-order valence-electron chi connectivity index (χ0n) is 10.7. The van der Waals surface area contributed by atoms with E-state index in [0.29, 0.717) is 0 Å². The minimum absolute atomic E-state index is 0.769. The third-order valence-electron chi connectivity index (χ3n) is 3.43. The normalized spacial score (nSPS) is 12.2. The second-order valence-electron chi connectivity index (χ2n) is 4.64. The third kappa shape index (κ3) is 1.84. The lowest BCUT2D eigenvalue weighted by Gasteiger charge is -2.16. The molecule has 3 nitrogen and oxygen atoms in total. The number of fused-ring (bicyclic) bond motifs is 3. The summed E-state index contributed by atoms with van der Waals surface area (Å²) in [5, 5.41) is 10.5. The van der Waals surface area contributed by atoms with Crippen molar-refractivity contribution >= 4 is 11.3 Å². The molecule has 0 saturated heterocycles. The van der Waals surface area contributed by atoms with E-state index in [1.54, 1.807) is 11.3 Å². The van der Waals surface area contributed by atoms with Gasteiger partial charge in [0.15, 0.2) is 5.69 Å². The van der Waals surface area contributed by atoms with Gasteiger partial charge in [0.25, 0.3) is 0 Å². The van der Waals surface area contributed by atoms with Gasteiger partial charge in [0.1, 0.15) is 5.69 Å². The fraction of sp³-hybridized carbons (Fsp3) is 0.125. The van der Waals surface area contributed by atoms with Gasteiger partial charge in [-0.3, -0.25) is 0 Å². The van der Waals surface area contributed by atoms with Crippen molar-refractivity contribution < 1.29 is 0 Å². The molecule has 0 N–H and O–H groups in total. The van der Waals surface area contributed by atoms with Crippen molar-refractivity contribution in [2.24, 2.45) is 0 Å². The fourth-order valence-electron chi connectivity index (χ4n) is 2.49. The Morgan fingerprint density at radius 1 is 1.10 bits per heavy atom. The Kier molecular flexibility index (Phi) is 2.65. The molecule has 0 bridgehead atoms. The van der Waals surface area contributed by atoms with Crippen molar-refractivity contribution in [2.45, 2.75) is 13.0 Å². The van der Waals surface area contributed by atoms with Gasteiger partial charge >= 0.3 is 0 Å². The molecule has 1 aliphatic heterocycles. The Labute approximate surface area is 120 Å². The third-order valence-corrected chi connectivity index (χ3v) is 4.21. The van der Waals surface area contributed by atoms with Crippen LogP contribution in [0.4, 0.5) is 0 Å². The molecule has 0 saturated carbocycles. The van der Waals surface area contributed by atoms with Gasteiger partial charge in [-0.25, -0.2) is 4.68 Å². The van der Waals surface area contributed by atoms with Gasteiger partial charge in [-0.05, 0) is 35.3 Å². The van der Waals surface area contributed by atoms with E-state index in [-0.39, 0.29) is 0 Å². The van der Waals surface area contributed by atoms with Gasteiger partial charge in [-0.2, -0.15) is 0 Å². The van der Waals surface area contributed by atoms with E-state index >= 15 is 0 Å². The molecular weight excluding hydrogens is 266 g/mol. The average molecular weight is 277 g/mol. The SMILES string of the molecule is C(#Cc1nnn2c1-c1ccccc1CC2)c1cccs1. The molecule has 20 heavy (non-hydrogen) atoms. The highest BCUT2D eigenvalue weighted by Crippen LogP contribution is 2.30. The van der Waals surface area contributed by atoms with Crippen LogP contribution >= 0.6 is 11.3 Å². The van der Waals surface area contributed by atoms with Crippen LogP contribution in [0.5, 0.6) is 0 Å². The molecule has 0 aliphatic carbocycles. The monoisotopic (exact) mass is 277 g/mol. The molecule has 0 spiro atoms. The quantitative estimate of drug-likeness (QED) is 0.591. The highest BCUT2D eigenvalue weighted by atomic mass is 32.1. The first-order valence-electron chi connectivity index (χ1n) is 6.49. The zero-order valence-corrected chi connectivity index (χ0v) is 11.5. The van der Waals surface area contributed by atoms with Crippen LogP contribution < -0.4 is 0 Å². The summed E-state index contributed by atoms with van der Waals surface area (Å²) < 4.78 is 1.96. The Hall–Kier alpha value is -2.38. The minimum atomic E-state index is 0.769. The second-order valence-corrected chi connectivity index (χ2v) is 5.59. The second kappa shape index (κ2) is 4.62. The van der Waals surface area contributed by atoms with Crippen molar-refractivity contribution in [3.05, 3.63) is 57.9 Å². The van der Waals surface area contributed by atoms with Crippen LogP contribution in [0.3, 0.4) is 0 Å². The smallest absolute Gasteiger partial charge is 0.163 e. The molecule has 96 valence electrons. The first-order valence-corrected chi connectivity index (χ1v) is 7.37. The summed E-state index contributed by atoms with van der Waals surface area (Å²) in [5.41, 5.74) is 4.38. The number of rotatable bonds is 0. The molecule has 3 aromatic rings. The van der Waals surface area contributed by atoms with Crippen LogP contribution in [-0.4, -0.2) is 15.0 Å². The van der Waals surface area contributed by atoms with Crippen LogP contribution in [0.15, 0.2) is 41.8 Å². The first kappa shape index (κ1) is 11.4. The molecule has 0 fully saturated rings. The topological polar surface area (TPSA) is 30.7 Å². The Morgan fingerprint density at radius 2 is 2.05 bits per heavy atom. The average Bonchev–Trinajstić information content (AvgIpc) is 3.14. The van der Waals surface area contributed by atoms with E-state index in [2.05, 4.69) is 46.4 Å². The summed E-state index contributed by atoms with van der Waals surface area (Å²) >= 11 is 1.64. The summed E-state index contributed by atoms with van der Waals surface area (Å²) in [6, 6.07) is 12.4. The number of hydrogen-bond acceptors (Lipinski definition) is 3. The summed E-state index contributed by atoms with van der Waals surface area (Å²) in [5.74, 6) is 6.32. The van der Waals surface area contributed by atoms with Crippen molar-refractivity contribution in [3.8, 4) is 23.1 Å². The van der Waals surface area contributed by atoms with E-state index in [4.69, 9.17) is 0 Å². The highest BCUT2D eigenvalue weighted by molar-refractivity contribution is 7.10. The maximum Gasteiger partial charge on any atom is 0.163 e. The number of thiophene rings is 1. The summed E-state index contributed by atoms with van der Waals surface area (Å²) in [6.45, 7) is 0.875. The minimum Gasteiger partial charge on any atom is -0.243 e. The molecule has 4 rings (SSSR count). The Bertz CT molecular complexity index is 819. The largest absolute Gasteiger partial charge is 0.243 e. The number of hydrogen-bond donors (Lipinski definition) is 0. The van der Waals surface area contributed by atoms with Gasteiger partial charge in [0, 0.05) is 12.1 Å². The summed E-state index contributed by atoms with van der Waals surface area (Å²) in [4.78, 5) is 1.05. The van der Waals surface area contributed by atoms with E-state index < -0.39 is 0 Å². The van der Waals surface area contributed by atoms with Crippen molar-refractivity contribution in [3.63, 3.8) is 0 Å². The van der Waals surface area contributed by atoms with Gasteiger partial charge in [0.05, 0.1) is 4.88 Å². The Morgan fingerprint density at radius 3 is 2.95 bits per heavy atom. The molecule has 2 aromatic heterocycles. The number of benzene rings is 1. The first-order chi connectivity index (χ1) is 9.92. The number of nitrogens with zero attached hydrogens (tertiary/aromatic N) is 3.